The summed E-state index contributed by atoms with van der Waals surface area (Å²) in [6.07, 6.45) is 7.77. The molecule has 0 spiro atoms. The van der Waals surface area contributed by atoms with Crippen LogP contribution in [0.5, 0.6) is 11.5 Å². The summed E-state index contributed by atoms with van der Waals surface area (Å²) in [6.45, 7) is 22.1. The van der Waals surface area contributed by atoms with Gasteiger partial charge in [-0.3, -0.25) is 4.79 Å². The smallest absolute Gasteiger partial charge is 0.224 e. The molecule has 4 heteroatoms. The molecule has 4 nitrogen and oxygen atoms in total. The van der Waals surface area contributed by atoms with Crippen molar-refractivity contribution in [2.24, 2.45) is 11.8 Å². The van der Waals surface area contributed by atoms with Crippen molar-refractivity contribution >= 4 is 5.91 Å². The van der Waals surface area contributed by atoms with Crippen LogP contribution >= 0.6 is 0 Å². The van der Waals surface area contributed by atoms with Crippen LogP contribution in [0.1, 0.15) is 102 Å². The zero-order chi connectivity index (χ0) is 30.0. The van der Waals surface area contributed by atoms with Crippen molar-refractivity contribution in [1.29, 1.82) is 0 Å². The van der Waals surface area contributed by atoms with Gasteiger partial charge in [-0.2, -0.15) is 0 Å². The molecule has 0 bridgehead atoms. The number of carbonyl (C=O) groups is 1. The topological polar surface area (TPSA) is 47.6 Å². The fourth-order valence-corrected chi connectivity index (χ4v) is 6.32. The maximum atomic E-state index is 14.3. The number of hydrogen-bond donors (Lipinski definition) is 1. The Morgan fingerprint density at radius 2 is 1.59 bits per heavy atom. The van der Waals surface area contributed by atoms with Gasteiger partial charge in [-0.1, -0.05) is 68.0 Å². The molecule has 1 fully saturated rings. The first kappa shape index (κ1) is 32.5. The van der Waals surface area contributed by atoms with Crippen molar-refractivity contribution in [2.45, 2.75) is 104 Å². The van der Waals surface area contributed by atoms with Gasteiger partial charge in [0.15, 0.2) is 0 Å². The Morgan fingerprint density at radius 1 is 1.00 bits per heavy atom. The van der Waals surface area contributed by atoms with E-state index in [4.69, 9.17) is 9.47 Å². The molecule has 1 saturated carbocycles. The number of carbonyl (C=O) groups excluding carboxylic acids is 1. The second-order valence-corrected chi connectivity index (χ2v) is 12.1. The minimum atomic E-state index is -0.356. The molecule has 0 aliphatic heterocycles. The van der Waals surface area contributed by atoms with Gasteiger partial charge in [0, 0.05) is 11.5 Å². The van der Waals surface area contributed by atoms with E-state index in [9.17, 15) is 4.79 Å². The van der Waals surface area contributed by atoms with Crippen LogP contribution in [-0.2, 0) is 11.2 Å². The van der Waals surface area contributed by atoms with Crippen molar-refractivity contribution in [3.8, 4) is 11.5 Å². The lowest BCUT2D eigenvalue weighted by Crippen LogP contribution is -2.53. The van der Waals surface area contributed by atoms with Crippen molar-refractivity contribution in [3.63, 3.8) is 0 Å². The first-order valence-corrected chi connectivity index (χ1v) is 15.7. The van der Waals surface area contributed by atoms with E-state index < -0.39 is 0 Å². The van der Waals surface area contributed by atoms with Crippen molar-refractivity contribution in [3.05, 3.63) is 83.5 Å². The number of ether oxygens (including phenoxy) is 2. The fourth-order valence-electron chi connectivity index (χ4n) is 6.32. The van der Waals surface area contributed by atoms with E-state index in [0.29, 0.717) is 19.1 Å². The van der Waals surface area contributed by atoms with Crippen LogP contribution in [0.25, 0.3) is 0 Å². The number of aryl methyl sites for hydroxylation is 1. The standard InChI is InChI=1S/C37H53NO3/c1-9-40-34-24-32(25-35(29(34)8)41-10-2)28(7)33(19-15-14-18-30-16-12-11-13-17-30)36(39)38-37(27(5)6)22-20-31(21-23-37)26(3)4/h11-13,16-17,24-25,28,31,33H,3,5,9-10,14-15,18-23H2,1-2,4,6-8H3,(H,38,39). The van der Waals surface area contributed by atoms with Gasteiger partial charge in [-0.15, -0.1) is 0 Å². The Labute approximate surface area is 249 Å². The molecule has 3 rings (SSSR count). The fraction of sp³-hybridized carbons (Fsp3) is 0.541. The minimum absolute atomic E-state index is 0.000308. The third-order valence-corrected chi connectivity index (χ3v) is 9.19. The molecule has 2 unspecified atom stereocenters. The molecule has 1 amide bonds. The number of unbranched alkanes of at least 4 members (excludes halogenated alkanes) is 1. The lowest BCUT2D eigenvalue weighted by Gasteiger charge is -2.43. The Bertz CT molecular complexity index is 1130. The third-order valence-electron chi connectivity index (χ3n) is 9.19. The molecule has 2 aromatic rings. The van der Waals surface area contributed by atoms with Crippen LogP contribution in [-0.4, -0.2) is 24.7 Å². The predicted molar refractivity (Wildman–Crippen MR) is 172 cm³/mol. The van der Waals surface area contributed by atoms with Crippen LogP contribution in [0, 0.1) is 18.8 Å². The highest BCUT2D eigenvalue weighted by molar-refractivity contribution is 5.81. The van der Waals surface area contributed by atoms with Crippen molar-refractivity contribution in [2.75, 3.05) is 13.2 Å². The van der Waals surface area contributed by atoms with E-state index in [1.165, 1.54) is 11.1 Å². The molecule has 224 valence electrons. The van der Waals surface area contributed by atoms with E-state index in [1.807, 2.05) is 20.8 Å². The van der Waals surface area contributed by atoms with Gasteiger partial charge in [-0.25, -0.2) is 0 Å². The van der Waals surface area contributed by atoms with E-state index in [0.717, 1.165) is 79.6 Å². The van der Waals surface area contributed by atoms with Gasteiger partial charge in [0.1, 0.15) is 11.5 Å². The van der Waals surface area contributed by atoms with Crippen LogP contribution in [0.2, 0.25) is 0 Å². The zero-order valence-corrected chi connectivity index (χ0v) is 26.5. The average molecular weight is 560 g/mol. The molecule has 1 N–H and O–H groups in total. The average Bonchev–Trinajstić information content (AvgIpc) is 2.95. The number of benzene rings is 2. The molecule has 0 saturated heterocycles. The zero-order valence-electron chi connectivity index (χ0n) is 26.5. The highest BCUT2D eigenvalue weighted by atomic mass is 16.5. The summed E-state index contributed by atoms with van der Waals surface area (Å²) in [4.78, 5) is 14.3. The molecule has 1 aliphatic rings. The molecule has 2 aromatic carbocycles. The number of amides is 1. The normalized spacial score (nSPS) is 20.1. The Kier molecular flexibility index (Phi) is 12.1. The van der Waals surface area contributed by atoms with Gasteiger partial charge >= 0.3 is 0 Å². The summed E-state index contributed by atoms with van der Waals surface area (Å²) in [6, 6.07) is 14.8. The van der Waals surface area contributed by atoms with Crippen LogP contribution in [0.4, 0.5) is 0 Å². The maximum absolute atomic E-state index is 14.3. The van der Waals surface area contributed by atoms with E-state index in [1.54, 1.807) is 0 Å². The number of hydrogen-bond acceptors (Lipinski definition) is 3. The molecule has 0 aromatic heterocycles. The highest BCUT2D eigenvalue weighted by Gasteiger charge is 2.39. The molecule has 41 heavy (non-hydrogen) atoms. The van der Waals surface area contributed by atoms with Crippen molar-refractivity contribution in [1.82, 2.24) is 5.32 Å². The Hall–Kier alpha value is -3.01. The lowest BCUT2D eigenvalue weighted by atomic mass is 9.71. The summed E-state index contributed by atoms with van der Waals surface area (Å²) in [5.74, 6) is 2.14. The van der Waals surface area contributed by atoms with Crippen molar-refractivity contribution < 1.29 is 14.3 Å². The summed E-state index contributed by atoms with van der Waals surface area (Å²) in [5, 5.41) is 3.56. The Balaban J connectivity index is 1.87. The molecule has 0 radical (unpaired) electrons. The molecule has 2 atom stereocenters. The minimum Gasteiger partial charge on any atom is -0.493 e. The molecule has 1 aliphatic carbocycles. The van der Waals surface area contributed by atoms with Gasteiger partial charge in [0.05, 0.1) is 18.8 Å². The lowest BCUT2D eigenvalue weighted by molar-refractivity contribution is -0.128. The Morgan fingerprint density at radius 3 is 2.10 bits per heavy atom. The molecular weight excluding hydrogens is 506 g/mol. The van der Waals surface area contributed by atoms with E-state index in [-0.39, 0.29) is 23.3 Å². The number of allylic oxidation sites excluding steroid dienone is 1. The summed E-state index contributed by atoms with van der Waals surface area (Å²) in [5.41, 5.74) is 5.37. The number of nitrogens with one attached hydrogen (secondary N) is 1. The second kappa shape index (κ2) is 15.3. The predicted octanol–water partition coefficient (Wildman–Crippen LogP) is 9.12. The molecule has 0 heterocycles. The van der Waals surface area contributed by atoms with Crippen LogP contribution in [0.15, 0.2) is 66.8 Å². The van der Waals surface area contributed by atoms with E-state index >= 15 is 0 Å². The SMILES string of the molecule is C=C(C)C1CCC(NC(=O)C(CCCCc2ccccc2)C(C)c2cc(OCC)c(C)c(OCC)c2)(C(=C)C)CC1. The first-order chi connectivity index (χ1) is 19.6. The highest BCUT2D eigenvalue weighted by Crippen LogP contribution is 2.41. The van der Waals surface area contributed by atoms with Crippen LogP contribution in [0.3, 0.4) is 0 Å². The van der Waals surface area contributed by atoms with E-state index in [2.05, 4.69) is 81.7 Å². The summed E-state index contributed by atoms with van der Waals surface area (Å²) >= 11 is 0. The quantitative estimate of drug-likeness (QED) is 0.175. The summed E-state index contributed by atoms with van der Waals surface area (Å²) in [7, 11) is 0. The second-order valence-electron chi connectivity index (χ2n) is 12.1. The largest absolute Gasteiger partial charge is 0.493 e. The van der Waals surface area contributed by atoms with Crippen LogP contribution < -0.4 is 14.8 Å². The first-order valence-electron chi connectivity index (χ1n) is 15.7. The van der Waals surface area contributed by atoms with Gasteiger partial charge in [0.25, 0.3) is 0 Å². The monoisotopic (exact) mass is 559 g/mol. The third kappa shape index (κ3) is 8.50. The number of rotatable bonds is 15. The van der Waals surface area contributed by atoms with Gasteiger partial charge < -0.3 is 14.8 Å². The van der Waals surface area contributed by atoms with Gasteiger partial charge in [-0.05, 0) is 115 Å². The molecular formula is C37H53NO3. The maximum Gasteiger partial charge on any atom is 0.224 e. The van der Waals surface area contributed by atoms with Gasteiger partial charge in [0.2, 0.25) is 5.91 Å². The summed E-state index contributed by atoms with van der Waals surface area (Å²) < 4.78 is 12.0.